The van der Waals surface area contributed by atoms with E-state index in [2.05, 4.69) is 15.6 Å². The molecular formula is C14H17N3O5. The quantitative estimate of drug-likeness (QED) is 0.506. The molecule has 8 nitrogen and oxygen atoms in total. The van der Waals surface area contributed by atoms with Crippen LogP contribution in [-0.4, -0.2) is 53.3 Å². The topological polar surface area (TPSA) is 128 Å². The first kappa shape index (κ1) is 17.2. The molecule has 4 N–H and O–H groups in total. The number of aliphatic imine (C=N–C) groups is 1. The zero-order chi connectivity index (χ0) is 16.5. The highest BCUT2D eigenvalue weighted by Crippen LogP contribution is 2.12. The Hall–Kier alpha value is -2.90. The molecule has 0 saturated heterocycles. The maximum absolute atomic E-state index is 11.5. The highest BCUT2D eigenvalue weighted by atomic mass is 16.4. The minimum Gasteiger partial charge on any atom is -0.507 e. The summed E-state index contributed by atoms with van der Waals surface area (Å²) in [6, 6.07) is 5.49. The van der Waals surface area contributed by atoms with E-state index in [9.17, 15) is 19.5 Å². The van der Waals surface area contributed by atoms with Crippen molar-refractivity contribution in [1.82, 2.24) is 10.6 Å². The van der Waals surface area contributed by atoms with Crippen LogP contribution in [0.4, 0.5) is 0 Å². The summed E-state index contributed by atoms with van der Waals surface area (Å²) in [4.78, 5) is 37.2. The van der Waals surface area contributed by atoms with E-state index in [1.54, 1.807) is 18.2 Å². The molecule has 8 heteroatoms. The molecule has 1 atom stereocenters. The number of carbonyl (C=O) groups is 3. The highest BCUT2D eigenvalue weighted by Gasteiger charge is 2.14. The lowest BCUT2D eigenvalue weighted by Crippen LogP contribution is -2.44. The molecule has 0 bridgehead atoms. The maximum Gasteiger partial charge on any atom is 0.325 e. The Morgan fingerprint density at radius 3 is 2.59 bits per heavy atom. The number of aromatic hydroxyl groups is 1. The second kappa shape index (κ2) is 8.40. The number of nitrogens with one attached hydrogen (secondary N) is 2. The summed E-state index contributed by atoms with van der Waals surface area (Å²) in [5, 5.41) is 22.6. The first-order chi connectivity index (χ1) is 10.4. The number of hydrogen-bond acceptors (Lipinski definition) is 5. The molecule has 0 fully saturated rings. The van der Waals surface area contributed by atoms with Gasteiger partial charge in [-0.1, -0.05) is 12.1 Å². The van der Waals surface area contributed by atoms with Gasteiger partial charge in [-0.25, -0.2) is 0 Å². The molecule has 0 saturated carbocycles. The number of carboxylic acids is 1. The summed E-state index contributed by atoms with van der Waals surface area (Å²) in [6.07, 6.45) is 1.35. The third-order valence-corrected chi connectivity index (χ3v) is 2.60. The molecule has 1 aromatic rings. The molecule has 0 aromatic heterocycles. The largest absolute Gasteiger partial charge is 0.507 e. The summed E-state index contributed by atoms with van der Waals surface area (Å²) in [6.45, 7) is 0.775. The van der Waals surface area contributed by atoms with Crippen molar-refractivity contribution in [2.45, 2.75) is 13.0 Å². The highest BCUT2D eigenvalue weighted by molar-refractivity contribution is 5.89. The molecule has 0 aliphatic heterocycles. The number of nitrogens with zero attached hydrogens (tertiary/aromatic N) is 1. The Bertz CT molecular complexity index is 586. The van der Waals surface area contributed by atoms with Crippen LogP contribution in [0.3, 0.4) is 0 Å². The van der Waals surface area contributed by atoms with Crippen LogP contribution < -0.4 is 10.6 Å². The fourth-order valence-corrected chi connectivity index (χ4v) is 1.41. The average Bonchev–Trinajstić information content (AvgIpc) is 2.47. The van der Waals surface area contributed by atoms with E-state index in [-0.39, 0.29) is 18.8 Å². The van der Waals surface area contributed by atoms with Crippen molar-refractivity contribution in [3.8, 4) is 5.75 Å². The van der Waals surface area contributed by atoms with Crippen molar-refractivity contribution in [3.63, 3.8) is 0 Å². The van der Waals surface area contributed by atoms with Crippen LogP contribution in [0, 0.1) is 0 Å². The lowest BCUT2D eigenvalue weighted by molar-refractivity contribution is -0.141. The predicted molar refractivity (Wildman–Crippen MR) is 78.8 cm³/mol. The maximum atomic E-state index is 11.5. The molecule has 0 heterocycles. The fourth-order valence-electron chi connectivity index (χ4n) is 1.41. The predicted octanol–water partition coefficient (Wildman–Crippen LogP) is -0.483. The van der Waals surface area contributed by atoms with Gasteiger partial charge in [0.05, 0.1) is 6.54 Å². The van der Waals surface area contributed by atoms with E-state index >= 15 is 0 Å². The van der Waals surface area contributed by atoms with E-state index in [0.29, 0.717) is 5.56 Å². The smallest absolute Gasteiger partial charge is 0.325 e. The molecule has 0 aliphatic rings. The third kappa shape index (κ3) is 6.04. The molecule has 118 valence electrons. The Morgan fingerprint density at radius 2 is 1.95 bits per heavy atom. The summed E-state index contributed by atoms with van der Waals surface area (Å²) < 4.78 is 0. The van der Waals surface area contributed by atoms with Gasteiger partial charge in [-0.05, 0) is 19.1 Å². The van der Waals surface area contributed by atoms with Crippen molar-refractivity contribution in [2.24, 2.45) is 4.99 Å². The number of aliphatic carboxylic acids is 1. The molecule has 1 aromatic carbocycles. The number of carbonyl (C=O) groups excluding carboxylic acids is 2. The number of para-hydroxylation sites is 1. The van der Waals surface area contributed by atoms with Gasteiger partial charge in [0.2, 0.25) is 11.8 Å². The Morgan fingerprint density at radius 1 is 1.27 bits per heavy atom. The molecular weight excluding hydrogens is 290 g/mol. The van der Waals surface area contributed by atoms with Crippen LogP contribution in [0.1, 0.15) is 12.5 Å². The number of amides is 2. The number of phenolic OH excluding ortho intramolecular Hbond substituents is 1. The summed E-state index contributed by atoms with van der Waals surface area (Å²) in [7, 11) is 0. The van der Waals surface area contributed by atoms with Crippen molar-refractivity contribution < 1.29 is 24.6 Å². The zero-order valence-electron chi connectivity index (χ0n) is 11.9. The zero-order valence-corrected chi connectivity index (χ0v) is 11.9. The van der Waals surface area contributed by atoms with Crippen LogP contribution in [-0.2, 0) is 14.4 Å². The number of benzene rings is 1. The minimum atomic E-state index is -1.16. The molecule has 0 unspecified atom stereocenters. The van der Waals surface area contributed by atoms with Gasteiger partial charge < -0.3 is 20.8 Å². The Labute approximate surface area is 126 Å². The molecule has 22 heavy (non-hydrogen) atoms. The summed E-state index contributed by atoms with van der Waals surface area (Å²) in [5.74, 6) is -2.21. The van der Waals surface area contributed by atoms with Gasteiger partial charge in [0.1, 0.15) is 18.3 Å². The van der Waals surface area contributed by atoms with Gasteiger partial charge in [-0.3, -0.25) is 19.4 Å². The van der Waals surface area contributed by atoms with Gasteiger partial charge in [0.25, 0.3) is 0 Å². The van der Waals surface area contributed by atoms with Crippen molar-refractivity contribution in [1.29, 1.82) is 0 Å². The second-order valence-electron chi connectivity index (χ2n) is 4.43. The second-order valence-corrected chi connectivity index (χ2v) is 4.43. The SMILES string of the molecule is C[C@H](NC(=O)CNC(=O)CN=Cc1ccccc1O)C(=O)O. The van der Waals surface area contributed by atoms with Crippen LogP contribution in [0.15, 0.2) is 29.3 Å². The first-order valence-corrected chi connectivity index (χ1v) is 6.47. The van der Waals surface area contributed by atoms with Crippen LogP contribution in [0.25, 0.3) is 0 Å². The fraction of sp³-hybridized carbons (Fsp3) is 0.286. The third-order valence-electron chi connectivity index (χ3n) is 2.60. The van der Waals surface area contributed by atoms with E-state index in [0.717, 1.165) is 0 Å². The minimum absolute atomic E-state index is 0.0497. The lowest BCUT2D eigenvalue weighted by Gasteiger charge is -2.09. The summed E-state index contributed by atoms with van der Waals surface area (Å²) in [5.41, 5.74) is 0.475. The van der Waals surface area contributed by atoms with Crippen LogP contribution in [0.2, 0.25) is 0 Å². The first-order valence-electron chi connectivity index (χ1n) is 6.47. The van der Waals surface area contributed by atoms with E-state index < -0.39 is 23.8 Å². The van der Waals surface area contributed by atoms with Gasteiger partial charge in [-0.15, -0.1) is 0 Å². The number of carboxylic acid groups (broad SMARTS) is 1. The lowest BCUT2D eigenvalue weighted by atomic mass is 10.2. The van der Waals surface area contributed by atoms with Gasteiger partial charge in [0, 0.05) is 11.8 Å². The standard InChI is InChI=1S/C14H17N3O5/c1-9(14(21)22)17-13(20)8-16-12(19)7-15-6-10-4-2-3-5-11(10)18/h2-6,9,18H,7-8H2,1H3,(H,16,19)(H,17,20)(H,21,22)/t9-/m0/s1. The molecule has 0 aliphatic carbocycles. The van der Waals surface area contributed by atoms with Crippen molar-refractivity contribution >= 4 is 24.0 Å². The van der Waals surface area contributed by atoms with Crippen LogP contribution >= 0.6 is 0 Å². The Balaban J connectivity index is 2.33. The Kier molecular flexibility index (Phi) is 6.55. The van der Waals surface area contributed by atoms with Crippen molar-refractivity contribution in [3.05, 3.63) is 29.8 Å². The molecule has 0 radical (unpaired) electrons. The van der Waals surface area contributed by atoms with E-state index in [4.69, 9.17) is 5.11 Å². The van der Waals surface area contributed by atoms with Gasteiger partial charge in [-0.2, -0.15) is 0 Å². The molecule has 2 amide bonds. The molecule has 0 spiro atoms. The van der Waals surface area contributed by atoms with Crippen LogP contribution in [0.5, 0.6) is 5.75 Å². The molecule has 1 rings (SSSR count). The van der Waals surface area contributed by atoms with Gasteiger partial charge in [0.15, 0.2) is 0 Å². The number of phenols is 1. The van der Waals surface area contributed by atoms with E-state index in [1.165, 1.54) is 19.2 Å². The van der Waals surface area contributed by atoms with E-state index in [1.807, 2.05) is 0 Å². The normalized spacial score (nSPS) is 11.9. The number of hydrogen-bond donors (Lipinski definition) is 4. The van der Waals surface area contributed by atoms with Gasteiger partial charge >= 0.3 is 5.97 Å². The average molecular weight is 307 g/mol. The number of rotatable bonds is 7. The monoisotopic (exact) mass is 307 g/mol. The van der Waals surface area contributed by atoms with Crippen molar-refractivity contribution in [2.75, 3.05) is 13.1 Å². The summed E-state index contributed by atoms with van der Waals surface area (Å²) >= 11 is 0.